The second kappa shape index (κ2) is 11.5. The van der Waals surface area contributed by atoms with Crippen LogP contribution in [0.25, 0.3) is 6.08 Å². The summed E-state index contributed by atoms with van der Waals surface area (Å²) in [6.07, 6.45) is 6.28. The number of hydroxylamine groups is 1. The molecule has 26 heavy (non-hydrogen) atoms. The van der Waals surface area contributed by atoms with E-state index in [9.17, 15) is 5.21 Å². The normalized spacial score (nSPS) is 13.2. The number of aryl methyl sites for hydroxylation is 1. The second-order valence-electron chi connectivity index (χ2n) is 7.72. The van der Waals surface area contributed by atoms with Crippen LogP contribution in [0.5, 0.6) is 0 Å². The monoisotopic (exact) mass is 376 g/mol. The van der Waals surface area contributed by atoms with Crippen LogP contribution in [0.3, 0.4) is 0 Å². The van der Waals surface area contributed by atoms with Gasteiger partial charge in [-0.15, -0.1) is 0 Å². The molecule has 1 atom stereocenters. The average Bonchev–Trinajstić information content (AvgIpc) is 2.58. The Morgan fingerprint density at radius 2 is 1.96 bits per heavy atom. The van der Waals surface area contributed by atoms with Gasteiger partial charge in [0.1, 0.15) is 0 Å². The third kappa shape index (κ3) is 7.56. The fourth-order valence-corrected chi connectivity index (χ4v) is 3.89. The van der Waals surface area contributed by atoms with Gasteiger partial charge < -0.3 is 0 Å². The molecule has 146 valence electrons. The minimum absolute atomic E-state index is 0.0789. The lowest BCUT2D eigenvalue weighted by Crippen LogP contribution is -2.37. The maximum Gasteiger partial charge on any atom is 0.0621 e. The summed E-state index contributed by atoms with van der Waals surface area (Å²) in [4.78, 5) is 1.21. The molecule has 1 aromatic carbocycles. The summed E-state index contributed by atoms with van der Waals surface area (Å²) in [5.74, 6) is 1.15. The third-order valence-corrected chi connectivity index (χ3v) is 5.47. The van der Waals surface area contributed by atoms with Crippen molar-refractivity contribution in [2.75, 3.05) is 6.54 Å². The van der Waals surface area contributed by atoms with Crippen LogP contribution in [-0.2, 0) is 0 Å². The second-order valence-corrected chi connectivity index (χ2v) is 8.84. The van der Waals surface area contributed by atoms with E-state index in [1.54, 1.807) is 11.9 Å². The van der Waals surface area contributed by atoms with Crippen LogP contribution < -0.4 is 5.48 Å². The summed E-state index contributed by atoms with van der Waals surface area (Å²) >= 11 is 1.76. The molecular formula is C22H36N2OS. The highest BCUT2D eigenvalue weighted by Gasteiger charge is 2.24. The van der Waals surface area contributed by atoms with Crippen LogP contribution in [0.1, 0.15) is 58.6 Å². The van der Waals surface area contributed by atoms with Gasteiger partial charge in [-0.3, -0.25) is 10.7 Å². The molecule has 3 nitrogen and oxygen atoms in total. The molecule has 0 aliphatic carbocycles. The molecule has 1 rings (SSSR count). The van der Waals surface area contributed by atoms with E-state index in [1.165, 1.54) is 16.0 Å². The zero-order valence-electron chi connectivity index (χ0n) is 17.2. The predicted molar refractivity (Wildman–Crippen MR) is 115 cm³/mol. The highest BCUT2D eigenvalue weighted by molar-refractivity contribution is 7.97. The van der Waals surface area contributed by atoms with Gasteiger partial charge in [0.05, 0.1) is 6.04 Å². The Hall–Kier alpha value is -1.23. The van der Waals surface area contributed by atoms with Gasteiger partial charge in [-0.2, -0.15) is 0 Å². The van der Waals surface area contributed by atoms with Crippen LogP contribution in [0.15, 0.2) is 41.4 Å². The Labute approximate surface area is 164 Å². The van der Waals surface area contributed by atoms with E-state index >= 15 is 0 Å². The summed E-state index contributed by atoms with van der Waals surface area (Å²) < 4.78 is 2.37. The highest BCUT2D eigenvalue weighted by Crippen LogP contribution is 2.31. The number of hydrogen-bond donors (Lipinski definition) is 2. The van der Waals surface area contributed by atoms with Crippen molar-refractivity contribution < 1.29 is 5.21 Å². The van der Waals surface area contributed by atoms with E-state index in [0.29, 0.717) is 17.5 Å². The van der Waals surface area contributed by atoms with Crippen molar-refractivity contribution >= 4 is 18.0 Å². The molecule has 0 bridgehead atoms. The lowest BCUT2D eigenvalue weighted by Gasteiger charge is -2.33. The minimum Gasteiger partial charge on any atom is -0.291 e. The summed E-state index contributed by atoms with van der Waals surface area (Å²) in [6.45, 7) is 18.1. The van der Waals surface area contributed by atoms with Crippen molar-refractivity contribution in [1.29, 1.82) is 0 Å². The summed E-state index contributed by atoms with van der Waals surface area (Å²) in [5, 5.41) is 9.47. The fourth-order valence-electron chi connectivity index (χ4n) is 2.78. The predicted octanol–water partition coefficient (Wildman–Crippen LogP) is 6.29. The molecule has 0 radical (unpaired) electrons. The highest BCUT2D eigenvalue weighted by atomic mass is 32.2. The van der Waals surface area contributed by atoms with Gasteiger partial charge >= 0.3 is 0 Å². The first-order valence-electron chi connectivity index (χ1n) is 9.55. The van der Waals surface area contributed by atoms with Gasteiger partial charge in [0.15, 0.2) is 0 Å². The molecule has 0 heterocycles. The molecule has 4 heteroatoms. The van der Waals surface area contributed by atoms with Crippen LogP contribution in [0.4, 0.5) is 0 Å². The standard InChI is InChI=1S/C22H36N2OS/c1-8-9-20-15-21(11-10-18(20)6)26-24(13-12-16(2)3)22(14-17(4)5)19(7)23-25/h8-11,15-17,22-23,25H,7,12-14H2,1-6H3/b9-8-. The van der Waals surface area contributed by atoms with Crippen molar-refractivity contribution in [3.8, 4) is 0 Å². The van der Waals surface area contributed by atoms with E-state index in [-0.39, 0.29) is 6.04 Å². The van der Waals surface area contributed by atoms with Crippen LogP contribution in [0, 0.1) is 18.8 Å². The zero-order valence-corrected chi connectivity index (χ0v) is 18.1. The van der Waals surface area contributed by atoms with Crippen molar-refractivity contribution in [2.45, 2.75) is 65.3 Å². The molecule has 0 saturated heterocycles. The van der Waals surface area contributed by atoms with Gasteiger partial charge in [0, 0.05) is 17.1 Å². The van der Waals surface area contributed by atoms with Crippen molar-refractivity contribution in [3.05, 3.63) is 47.7 Å². The topological polar surface area (TPSA) is 35.5 Å². The molecule has 1 unspecified atom stereocenters. The maximum absolute atomic E-state index is 9.47. The molecular weight excluding hydrogens is 340 g/mol. The van der Waals surface area contributed by atoms with Crippen molar-refractivity contribution in [2.24, 2.45) is 11.8 Å². The summed E-state index contributed by atoms with van der Waals surface area (Å²) in [7, 11) is 0. The average molecular weight is 377 g/mol. The van der Waals surface area contributed by atoms with Crippen molar-refractivity contribution in [1.82, 2.24) is 9.79 Å². The molecule has 0 aliphatic rings. The molecule has 0 amide bonds. The SMILES string of the molecule is C=C(NO)C(CC(C)C)N(CCC(C)C)Sc1ccc(C)c(/C=C\C)c1. The number of nitrogens with one attached hydrogen (secondary N) is 1. The fraction of sp³-hybridized carbons (Fsp3) is 0.545. The minimum atomic E-state index is 0.0789. The van der Waals surface area contributed by atoms with E-state index in [1.807, 2.05) is 6.92 Å². The third-order valence-electron chi connectivity index (χ3n) is 4.33. The smallest absolute Gasteiger partial charge is 0.0621 e. The van der Waals surface area contributed by atoms with E-state index in [4.69, 9.17) is 0 Å². The number of hydrogen-bond acceptors (Lipinski definition) is 4. The van der Waals surface area contributed by atoms with Gasteiger partial charge in [0.2, 0.25) is 0 Å². The lowest BCUT2D eigenvalue weighted by molar-refractivity contribution is 0.173. The Morgan fingerprint density at radius 1 is 1.27 bits per heavy atom. The molecule has 2 N–H and O–H groups in total. The number of nitrogens with zero attached hydrogens (tertiary/aromatic N) is 1. The number of allylic oxidation sites excluding steroid dienone is 1. The Balaban J connectivity index is 3.11. The lowest BCUT2D eigenvalue weighted by atomic mass is 10.0. The Bertz CT molecular complexity index is 596. The van der Waals surface area contributed by atoms with Gasteiger partial charge in [0.25, 0.3) is 0 Å². The quantitative estimate of drug-likeness (QED) is 0.351. The van der Waals surface area contributed by atoms with E-state index in [2.05, 4.69) is 81.3 Å². The van der Waals surface area contributed by atoms with E-state index < -0.39 is 0 Å². The Kier molecular flexibility index (Phi) is 10.1. The number of rotatable bonds is 11. The molecule has 1 aromatic rings. The maximum atomic E-state index is 9.47. The molecule has 0 saturated carbocycles. The van der Waals surface area contributed by atoms with Crippen LogP contribution in [-0.4, -0.2) is 22.1 Å². The van der Waals surface area contributed by atoms with Crippen LogP contribution >= 0.6 is 11.9 Å². The van der Waals surface area contributed by atoms with Gasteiger partial charge in [-0.1, -0.05) is 52.5 Å². The summed E-state index contributed by atoms with van der Waals surface area (Å²) in [6, 6.07) is 6.67. The first-order valence-corrected chi connectivity index (χ1v) is 10.3. The van der Waals surface area contributed by atoms with Gasteiger partial charge in [-0.05, 0) is 73.7 Å². The molecule has 0 spiro atoms. The Morgan fingerprint density at radius 3 is 2.50 bits per heavy atom. The molecule has 0 aliphatic heterocycles. The first kappa shape index (κ1) is 22.8. The van der Waals surface area contributed by atoms with Crippen LogP contribution in [0.2, 0.25) is 0 Å². The largest absolute Gasteiger partial charge is 0.291 e. The first-order chi connectivity index (χ1) is 12.3. The van der Waals surface area contributed by atoms with Crippen molar-refractivity contribution in [3.63, 3.8) is 0 Å². The molecule has 0 fully saturated rings. The number of benzene rings is 1. The van der Waals surface area contributed by atoms with Gasteiger partial charge in [-0.25, -0.2) is 4.31 Å². The summed E-state index contributed by atoms with van der Waals surface area (Å²) in [5.41, 5.74) is 5.50. The zero-order chi connectivity index (χ0) is 19.7. The molecule has 0 aromatic heterocycles. The van der Waals surface area contributed by atoms with E-state index in [0.717, 1.165) is 19.4 Å².